The first-order valence-electron chi connectivity index (χ1n) is 6.95. The molecule has 1 aromatic rings. The van der Waals surface area contributed by atoms with Crippen LogP contribution >= 0.6 is 11.6 Å². The van der Waals surface area contributed by atoms with Gasteiger partial charge in [-0.15, -0.1) is 0 Å². The highest BCUT2D eigenvalue weighted by atomic mass is 35.5. The Hall–Kier alpha value is -1.26. The third-order valence-corrected chi connectivity index (χ3v) is 3.28. The van der Waals surface area contributed by atoms with Crippen LogP contribution in [0.15, 0.2) is 18.2 Å². The number of ether oxygens (including phenoxy) is 1. The highest BCUT2D eigenvalue weighted by Gasteiger charge is 2.05. The van der Waals surface area contributed by atoms with Gasteiger partial charge in [0.15, 0.2) is 0 Å². The zero-order valence-corrected chi connectivity index (χ0v) is 12.9. The lowest BCUT2D eigenvalue weighted by atomic mass is 10.1. The molecule has 1 rings (SSSR count). The molecule has 0 aliphatic carbocycles. The van der Waals surface area contributed by atoms with E-state index < -0.39 is 0 Å². The molecule has 3 N–H and O–H groups in total. The van der Waals surface area contributed by atoms with Crippen LogP contribution in [0.25, 0.3) is 0 Å². The molecule has 1 aromatic carbocycles. The number of amides is 1. The van der Waals surface area contributed by atoms with Crippen LogP contribution < -0.4 is 11.1 Å². The predicted molar refractivity (Wildman–Crippen MR) is 84.0 cm³/mol. The summed E-state index contributed by atoms with van der Waals surface area (Å²) in [6.07, 6.45) is 2.64. The van der Waals surface area contributed by atoms with Gasteiger partial charge in [-0.25, -0.2) is 0 Å². The first-order valence-corrected chi connectivity index (χ1v) is 7.33. The van der Waals surface area contributed by atoms with Crippen molar-refractivity contribution in [1.29, 1.82) is 0 Å². The number of anilines is 2. The quantitative estimate of drug-likeness (QED) is 0.568. The summed E-state index contributed by atoms with van der Waals surface area (Å²) in [7, 11) is 0. The van der Waals surface area contributed by atoms with Crippen molar-refractivity contribution in [3.05, 3.63) is 23.2 Å². The van der Waals surface area contributed by atoms with E-state index in [2.05, 4.69) is 19.2 Å². The zero-order chi connectivity index (χ0) is 15.0. The lowest BCUT2D eigenvalue weighted by Crippen LogP contribution is -2.15. The number of carbonyl (C=O) groups excluding carboxylic acids is 1. The van der Waals surface area contributed by atoms with Gasteiger partial charge >= 0.3 is 0 Å². The number of rotatable bonds is 8. The Labute approximate surface area is 125 Å². The van der Waals surface area contributed by atoms with Gasteiger partial charge in [0.25, 0.3) is 0 Å². The lowest BCUT2D eigenvalue weighted by molar-refractivity contribution is -0.117. The average molecular weight is 299 g/mol. The number of nitrogen functional groups attached to an aromatic ring is 1. The molecule has 0 saturated heterocycles. The molecule has 0 spiro atoms. The molecule has 4 nitrogen and oxygen atoms in total. The molecule has 5 heteroatoms. The smallest absolute Gasteiger partial charge is 0.226 e. The molecule has 0 saturated carbocycles. The third-order valence-electron chi connectivity index (χ3n) is 2.94. The molecule has 0 fully saturated rings. The predicted octanol–water partition coefficient (Wildman–Crippen LogP) is 3.70. The van der Waals surface area contributed by atoms with Crippen LogP contribution in [0.2, 0.25) is 5.02 Å². The van der Waals surface area contributed by atoms with E-state index in [9.17, 15) is 4.79 Å². The van der Waals surface area contributed by atoms with E-state index in [4.69, 9.17) is 22.1 Å². The molecule has 1 amide bonds. The van der Waals surface area contributed by atoms with Crippen molar-refractivity contribution in [1.82, 2.24) is 0 Å². The summed E-state index contributed by atoms with van der Waals surface area (Å²) < 4.78 is 5.49. The monoisotopic (exact) mass is 298 g/mol. The highest BCUT2D eigenvalue weighted by molar-refractivity contribution is 6.33. The summed E-state index contributed by atoms with van der Waals surface area (Å²) in [5.74, 6) is 0.453. The van der Waals surface area contributed by atoms with Crippen LogP contribution in [-0.4, -0.2) is 19.1 Å². The second-order valence-electron chi connectivity index (χ2n) is 5.00. The molecule has 112 valence electrons. The number of hydrogen-bond acceptors (Lipinski definition) is 3. The number of carbonyl (C=O) groups is 1. The minimum Gasteiger partial charge on any atom is -0.397 e. The minimum atomic E-state index is -0.0881. The van der Waals surface area contributed by atoms with E-state index in [-0.39, 0.29) is 5.91 Å². The molecular weight excluding hydrogens is 276 g/mol. The third kappa shape index (κ3) is 6.26. The van der Waals surface area contributed by atoms with Gasteiger partial charge in [-0.05, 0) is 30.5 Å². The second-order valence-corrected chi connectivity index (χ2v) is 5.41. The summed E-state index contributed by atoms with van der Waals surface area (Å²) in [6, 6.07) is 5.03. The van der Waals surface area contributed by atoms with Crippen molar-refractivity contribution in [2.75, 3.05) is 24.3 Å². The number of benzene rings is 1. The largest absolute Gasteiger partial charge is 0.397 e. The normalized spacial score (nSPS) is 12.2. The van der Waals surface area contributed by atoms with E-state index in [0.29, 0.717) is 41.9 Å². The topological polar surface area (TPSA) is 64.3 Å². The van der Waals surface area contributed by atoms with Crippen LogP contribution in [0.1, 0.15) is 33.1 Å². The van der Waals surface area contributed by atoms with Crippen molar-refractivity contribution >= 4 is 28.9 Å². The Morgan fingerprint density at radius 3 is 2.90 bits per heavy atom. The molecule has 0 radical (unpaired) electrons. The second kappa shape index (κ2) is 8.82. The summed E-state index contributed by atoms with van der Waals surface area (Å²) in [6.45, 7) is 5.44. The first-order chi connectivity index (χ1) is 9.52. The van der Waals surface area contributed by atoms with Crippen molar-refractivity contribution < 1.29 is 9.53 Å². The van der Waals surface area contributed by atoms with Crippen LogP contribution in [0, 0.1) is 5.92 Å². The number of hydrogen-bond donors (Lipinski definition) is 2. The number of halogens is 1. The molecule has 0 aromatic heterocycles. The summed E-state index contributed by atoms with van der Waals surface area (Å²) in [5.41, 5.74) is 6.77. The Morgan fingerprint density at radius 1 is 1.50 bits per heavy atom. The summed E-state index contributed by atoms with van der Waals surface area (Å²) in [4.78, 5) is 11.7. The first kappa shape index (κ1) is 16.8. The van der Waals surface area contributed by atoms with E-state index in [1.54, 1.807) is 18.2 Å². The van der Waals surface area contributed by atoms with Gasteiger partial charge in [0.1, 0.15) is 0 Å². The maximum atomic E-state index is 11.7. The average Bonchev–Trinajstić information content (AvgIpc) is 2.39. The molecule has 1 atom stereocenters. The standard InChI is InChI=1S/C15H23ClN2O2/c1-3-4-11(2)10-20-8-7-15(19)18-12-5-6-13(16)14(17)9-12/h5-6,9,11H,3-4,7-8,10,17H2,1-2H3,(H,18,19). The molecule has 0 heterocycles. The van der Waals surface area contributed by atoms with Gasteiger partial charge < -0.3 is 15.8 Å². The minimum absolute atomic E-state index is 0.0881. The fraction of sp³-hybridized carbons (Fsp3) is 0.533. The van der Waals surface area contributed by atoms with Gasteiger partial charge in [0.2, 0.25) is 5.91 Å². The molecule has 0 bridgehead atoms. The van der Waals surface area contributed by atoms with Crippen molar-refractivity contribution in [3.63, 3.8) is 0 Å². The van der Waals surface area contributed by atoms with Gasteiger partial charge in [0, 0.05) is 12.3 Å². The molecular formula is C15H23ClN2O2. The zero-order valence-electron chi connectivity index (χ0n) is 12.1. The van der Waals surface area contributed by atoms with Gasteiger partial charge in [0.05, 0.1) is 23.7 Å². The summed E-state index contributed by atoms with van der Waals surface area (Å²) in [5, 5.41) is 3.25. The van der Waals surface area contributed by atoms with E-state index in [1.807, 2.05) is 0 Å². The molecule has 20 heavy (non-hydrogen) atoms. The Morgan fingerprint density at radius 2 is 2.25 bits per heavy atom. The van der Waals surface area contributed by atoms with Crippen LogP contribution in [-0.2, 0) is 9.53 Å². The van der Waals surface area contributed by atoms with Gasteiger partial charge in [-0.1, -0.05) is 31.9 Å². The van der Waals surface area contributed by atoms with Crippen molar-refractivity contribution in [2.45, 2.75) is 33.1 Å². The van der Waals surface area contributed by atoms with E-state index >= 15 is 0 Å². The Balaban J connectivity index is 2.25. The van der Waals surface area contributed by atoms with Crippen LogP contribution in [0.4, 0.5) is 11.4 Å². The molecule has 0 aliphatic heterocycles. The Kier molecular flexibility index (Phi) is 7.41. The van der Waals surface area contributed by atoms with Crippen LogP contribution in [0.5, 0.6) is 0 Å². The van der Waals surface area contributed by atoms with E-state index in [0.717, 1.165) is 12.8 Å². The number of nitrogens with one attached hydrogen (secondary N) is 1. The van der Waals surface area contributed by atoms with Gasteiger partial charge in [-0.3, -0.25) is 4.79 Å². The molecule has 0 aliphatic rings. The van der Waals surface area contributed by atoms with Crippen molar-refractivity contribution in [2.24, 2.45) is 5.92 Å². The SMILES string of the molecule is CCCC(C)COCCC(=O)Nc1ccc(Cl)c(N)c1. The maximum absolute atomic E-state index is 11.7. The van der Waals surface area contributed by atoms with E-state index in [1.165, 1.54) is 0 Å². The van der Waals surface area contributed by atoms with Crippen molar-refractivity contribution in [3.8, 4) is 0 Å². The van der Waals surface area contributed by atoms with Gasteiger partial charge in [-0.2, -0.15) is 0 Å². The molecule has 1 unspecified atom stereocenters. The highest BCUT2D eigenvalue weighted by Crippen LogP contribution is 2.22. The Bertz CT molecular complexity index is 438. The fourth-order valence-electron chi connectivity index (χ4n) is 1.87. The summed E-state index contributed by atoms with van der Waals surface area (Å²) >= 11 is 5.82. The number of nitrogens with two attached hydrogens (primary N) is 1. The maximum Gasteiger partial charge on any atom is 0.226 e. The lowest BCUT2D eigenvalue weighted by Gasteiger charge is -2.11. The van der Waals surface area contributed by atoms with Crippen LogP contribution in [0.3, 0.4) is 0 Å². The fourth-order valence-corrected chi connectivity index (χ4v) is 1.99.